The summed E-state index contributed by atoms with van der Waals surface area (Å²) in [6, 6.07) is 2.00. The molecule has 0 unspecified atom stereocenters. The third-order valence-electron chi connectivity index (χ3n) is 1.56. The van der Waals surface area contributed by atoms with Gasteiger partial charge in [0.25, 0.3) is 0 Å². The van der Waals surface area contributed by atoms with E-state index >= 15 is 0 Å². The molecule has 1 aromatic heterocycles. The summed E-state index contributed by atoms with van der Waals surface area (Å²) in [7, 11) is 0. The molecule has 1 heterocycles. The summed E-state index contributed by atoms with van der Waals surface area (Å²) in [6.45, 7) is 2.49. The van der Waals surface area contributed by atoms with E-state index in [-0.39, 0.29) is 0 Å². The second kappa shape index (κ2) is 4.42. The van der Waals surface area contributed by atoms with E-state index in [0.29, 0.717) is 6.54 Å². The van der Waals surface area contributed by atoms with Crippen molar-refractivity contribution in [3.8, 4) is 0 Å². The van der Waals surface area contributed by atoms with Crippen LogP contribution in [0.4, 0.5) is 0 Å². The highest BCUT2D eigenvalue weighted by Gasteiger charge is 2.00. The van der Waals surface area contributed by atoms with Crippen LogP contribution in [-0.2, 0) is 13.0 Å². The fourth-order valence-corrected chi connectivity index (χ4v) is 1.35. The number of hydrogen-bond acceptors (Lipinski definition) is 4. The molecule has 3 nitrogen and oxygen atoms in total. The van der Waals surface area contributed by atoms with Crippen molar-refractivity contribution in [1.29, 1.82) is 0 Å². The first-order valence-electron chi connectivity index (χ1n) is 3.91. The van der Waals surface area contributed by atoms with E-state index in [1.54, 1.807) is 11.8 Å². The molecule has 0 aliphatic heterocycles. The predicted octanol–water partition coefficient (Wildman–Crippen LogP) is 1.22. The van der Waals surface area contributed by atoms with Gasteiger partial charge in [0.15, 0.2) is 0 Å². The number of nitrogens with two attached hydrogens (primary N) is 1. The van der Waals surface area contributed by atoms with Gasteiger partial charge in [0, 0.05) is 5.69 Å². The number of nitrogens with zero attached hydrogens (tertiary/aromatic N) is 2. The van der Waals surface area contributed by atoms with Crippen LogP contribution in [0.2, 0.25) is 0 Å². The molecule has 0 fully saturated rings. The first-order chi connectivity index (χ1) is 5.80. The molecule has 0 aliphatic carbocycles. The number of aromatic nitrogens is 2. The van der Waals surface area contributed by atoms with E-state index in [9.17, 15) is 0 Å². The van der Waals surface area contributed by atoms with Gasteiger partial charge in [0.05, 0.1) is 11.6 Å². The largest absolute Gasteiger partial charge is 0.324 e. The zero-order chi connectivity index (χ0) is 8.97. The third-order valence-corrected chi connectivity index (χ3v) is 2.18. The van der Waals surface area contributed by atoms with Crippen molar-refractivity contribution >= 4 is 11.8 Å². The highest BCUT2D eigenvalue weighted by atomic mass is 32.2. The van der Waals surface area contributed by atoms with Crippen LogP contribution in [0.15, 0.2) is 11.1 Å². The van der Waals surface area contributed by atoms with Gasteiger partial charge in [-0.25, -0.2) is 9.97 Å². The molecule has 0 bridgehead atoms. The summed E-state index contributed by atoms with van der Waals surface area (Å²) in [6.07, 6.45) is 2.94. The molecule has 0 radical (unpaired) electrons. The fraction of sp³-hybridized carbons (Fsp3) is 0.500. The van der Waals surface area contributed by atoms with Crippen LogP contribution in [0, 0.1) is 0 Å². The molecule has 0 amide bonds. The van der Waals surface area contributed by atoms with Crippen molar-refractivity contribution < 1.29 is 0 Å². The second-order valence-electron chi connectivity index (χ2n) is 2.38. The molecule has 0 atom stereocenters. The Balaban J connectivity index is 3.01. The Kier molecular flexibility index (Phi) is 3.49. The van der Waals surface area contributed by atoms with E-state index in [1.807, 2.05) is 12.3 Å². The highest BCUT2D eigenvalue weighted by molar-refractivity contribution is 7.98. The summed E-state index contributed by atoms with van der Waals surface area (Å²) in [5.74, 6) is 0.735. The van der Waals surface area contributed by atoms with Gasteiger partial charge in [-0.3, -0.25) is 0 Å². The lowest BCUT2D eigenvalue weighted by Crippen LogP contribution is -2.05. The monoisotopic (exact) mass is 183 g/mol. The molecule has 0 aliphatic rings. The van der Waals surface area contributed by atoms with Crippen LogP contribution < -0.4 is 5.73 Å². The molecule has 4 heteroatoms. The Bertz CT molecular complexity index is 207. The normalized spacial score (nSPS) is 10.2. The Morgan fingerprint density at radius 1 is 1.50 bits per heavy atom. The van der Waals surface area contributed by atoms with E-state index in [2.05, 4.69) is 16.9 Å². The van der Waals surface area contributed by atoms with E-state index in [0.717, 1.165) is 23.0 Å². The molecule has 12 heavy (non-hydrogen) atoms. The zero-order valence-corrected chi connectivity index (χ0v) is 8.19. The van der Waals surface area contributed by atoms with Crippen molar-refractivity contribution in [2.75, 3.05) is 6.26 Å². The van der Waals surface area contributed by atoms with Gasteiger partial charge in [0.2, 0.25) is 0 Å². The molecule has 0 saturated heterocycles. The second-order valence-corrected chi connectivity index (χ2v) is 3.20. The minimum Gasteiger partial charge on any atom is -0.324 e. The lowest BCUT2D eigenvalue weighted by molar-refractivity contribution is 0.829. The molecule has 0 aromatic carbocycles. The van der Waals surface area contributed by atoms with Crippen LogP contribution in [0.3, 0.4) is 0 Å². The lowest BCUT2D eigenvalue weighted by atomic mass is 10.3. The molecular formula is C8H13N3S. The predicted molar refractivity (Wildman–Crippen MR) is 51.1 cm³/mol. The smallest absolute Gasteiger partial charge is 0.143 e. The van der Waals surface area contributed by atoms with E-state index in [1.165, 1.54) is 0 Å². The summed E-state index contributed by atoms with van der Waals surface area (Å²) in [4.78, 5) is 8.51. The first kappa shape index (κ1) is 9.48. The van der Waals surface area contributed by atoms with Crippen LogP contribution in [0.5, 0.6) is 0 Å². The quantitative estimate of drug-likeness (QED) is 0.565. The maximum absolute atomic E-state index is 5.46. The Hall–Kier alpha value is -0.610. The third kappa shape index (κ3) is 2.19. The molecule has 0 saturated carbocycles. The number of hydrogen-bond donors (Lipinski definition) is 1. The van der Waals surface area contributed by atoms with Gasteiger partial charge in [-0.15, -0.1) is 11.8 Å². The van der Waals surface area contributed by atoms with Crippen molar-refractivity contribution in [3.05, 3.63) is 17.6 Å². The van der Waals surface area contributed by atoms with Crippen molar-refractivity contribution in [2.24, 2.45) is 5.73 Å². The van der Waals surface area contributed by atoms with Gasteiger partial charge >= 0.3 is 0 Å². The van der Waals surface area contributed by atoms with Gasteiger partial charge in [-0.2, -0.15) is 0 Å². The van der Waals surface area contributed by atoms with E-state index in [4.69, 9.17) is 5.73 Å². The minimum absolute atomic E-state index is 0.418. The number of rotatable bonds is 3. The summed E-state index contributed by atoms with van der Waals surface area (Å²) < 4.78 is 0. The van der Waals surface area contributed by atoms with Gasteiger partial charge in [-0.1, -0.05) is 6.92 Å². The van der Waals surface area contributed by atoms with Crippen LogP contribution in [0.25, 0.3) is 0 Å². The van der Waals surface area contributed by atoms with Crippen molar-refractivity contribution in [2.45, 2.75) is 24.9 Å². The van der Waals surface area contributed by atoms with Crippen molar-refractivity contribution in [1.82, 2.24) is 9.97 Å². The van der Waals surface area contributed by atoms with Crippen molar-refractivity contribution in [3.63, 3.8) is 0 Å². The molecule has 1 aromatic rings. The molecule has 2 N–H and O–H groups in total. The van der Waals surface area contributed by atoms with Crippen LogP contribution in [-0.4, -0.2) is 16.2 Å². The molecule has 66 valence electrons. The zero-order valence-electron chi connectivity index (χ0n) is 7.37. The Labute approximate surface area is 76.8 Å². The minimum atomic E-state index is 0.418. The maximum atomic E-state index is 5.46. The van der Waals surface area contributed by atoms with Gasteiger partial charge in [-0.05, 0) is 18.7 Å². The average molecular weight is 183 g/mol. The van der Waals surface area contributed by atoms with Gasteiger partial charge in [0.1, 0.15) is 5.82 Å². The topological polar surface area (TPSA) is 51.8 Å². The molecule has 1 rings (SSSR count). The summed E-state index contributed by atoms with van der Waals surface area (Å²) >= 11 is 1.62. The number of thioether (sulfide) groups is 1. The maximum Gasteiger partial charge on any atom is 0.143 e. The van der Waals surface area contributed by atoms with Crippen LogP contribution >= 0.6 is 11.8 Å². The molecule has 0 spiro atoms. The lowest BCUT2D eigenvalue weighted by Gasteiger charge is -2.02. The summed E-state index contributed by atoms with van der Waals surface area (Å²) in [5.41, 5.74) is 6.53. The fourth-order valence-electron chi connectivity index (χ4n) is 0.902. The SMILES string of the molecule is CCc1cc(SC)nc(CN)n1. The average Bonchev–Trinajstić information content (AvgIpc) is 2.16. The standard InChI is InChI=1S/C8H13N3S/c1-3-6-4-8(12-2)11-7(5-9)10-6/h4H,3,5,9H2,1-2H3. The molecular weight excluding hydrogens is 170 g/mol. The highest BCUT2D eigenvalue weighted by Crippen LogP contribution is 2.12. The van der Waals surface area contributed by atoms with Crippen LogP contribution in [0.1, 0.15) is 18.4 Å². The first-order valence-corrected chi connectivity index (χ1v) is 5.13. The van der Waals surface area contributed by atoms with Gasteiger partial charge < -0.3 is 5.73 Å². The summed E-state index contributed by atoms with van der Waals surface area (Å²) in [5, 5.41) is 1.00. The number of aryl methyl sites for hydroxylation is 1. The Morgan fingerprint density at radius 2 is 2.25 bits per heavy atom. The van der Waals surface area contributed by atoms with E-state index < -0.39 is 0 Å². The Morgan fingerprint density at radius 3 is 2.75 bits per heavy atom.